The lowest BCUT2D eigenvalue weighted by molar-refractivity contribution is 0.0358. The molecule has 3 rings (SSSR count). The molecule has 1 aliphatic heterocycles. The molecule has 2 nitrogen and oxygen atoms in total. The predicted octanol–water partition coefficient (Wildman–Crippen LogP) is 2.54. The molecule has 0 spiro atoms. The van der Waals surface area contributed by atoms with Gasteiger partial charge in [-0.05, 0) is 49.9 Å². The summed E-state index contributed by atoms with van der Waals surface area (Å²) in [6.45, 7) is 4.22. The van der Waals surface area contributed by atoms with Crippen molar-refractivity contribution >= 4 is 0 Å². The lowest BCUT2D eigenvalue weighted by atomic mass is 9.96. The Labute approximate surface area is 99.1 Å². The highest BCUT2D eigenvalue weighted by atomic mass is 16.5. The maximum atomic E-state index is 5.51. The van der Waals surface area contributed by atoms with E-state index in [1.165, 1.54) is 38.5 Å². The zero-order valence-electron chi connectivity index (χ0n) is 10.4. The van der Waals surface area contributed by atoms with Crippen molar-refractivity contribution in [3.8, 4) is 0 Å². The van der Waals surface area contributed by atoms with Gasteiger partial charge in [-0.1, -0.05) is 13.3 Å². The number of fused-ring (bicyclic) bond motifs is 1. The Kier molecular flexibility index (Phi) is 3.21. The van der Waals surface area contributed by atoms with E-state index >= 15 is 0 Å². The van der Waals surface area contributed by atoms with E-state index in [-0.39, 0.29) is 0 Å². The second-order valence-electron chi connectivity index (χ2n) is 6.00. The van der Waals surface area contributed by atoms with Crippen LogP contribution in [0.1, 0.15) is 45.4 Å². The minimum Gasteiger partial charge on any atom is -0.381 e. The van der Waals surface area contributed by atoms with Crippen molar-refractivity contribution in [2.24, 2.45) is 11.8 Å². The minimum atomic E-state index is 0.694. The van der Waals surface area contributed by atoms with E-state index in [4.69, 9.17) is 4.74 Å². The van der Waals surface area contributed by atoms with Crippen LogP contribution in [0.5, 0.6) is 0 Å². The summed E-state index contributed by atoms with van der Waals surface area (Å²) in [4.78, 5) is 0. The van der Waals surface area contributed by atoms with Gasteiger partial charge in [0.05, 0.1) is 6.61 Å². The van der Waals surface area contributed by atoms with Gasteiger partial charge in [0, 0.05) is 18.7 Å². The van der Waals surface area contributed by atoms with Gasteiger partial charge in [0.2, 0.25) is 0 Å². The molecule has 2 saturated carbocycles. The van der Waals surface area contributed by atoms with Gasteiger partial charge < -0.3 is 10.1 Å². The van der Waals surface area contributed by atoms with E-state index in [2.05, 4.69) is 12.2 Å². The van der Waals surface area contributed by atoms with Gasteiger partial charge in [0.15, 0.2) is 0 Å². The average Bonchev–Trinajstić information content (AvgIpc) is 2.81. The fourth-order valence-corrected chi connectivity index (χ4v) is 3.84. The van der Waals surface area contributed by atoms with Gasteiger partial charge in [0.1, 0.15) is 0 Å². The molecule has 3 aliphatic rings. The Morgan fingerprint density at radius 1 is 1.31 bits per heavy atom. The standard InChI is InChI=1S/C14H24NO/c1-10-9-16-6-5-14(10)15-13-7-11-3-2-4-12(11)8-13/h10-11,13-15H,2-9H2,1H3/t10-,11+,13-,14-/m0/s1. The molecule has 2 aliphatic carbocycles. The highest BCUT2D eigenvalue weighted by molar-refractivity contribution is 5.11. The first-order valence-corrected chi connectivity index (χ1v) is 7.01. The first kappa shape index (κ1) is 11.0. The summed E-state index contributed by atoms with van der Waals surface area (Å²) in [5, 5.41) is 3.90. The Bertz CT molecular complexity index is 231. The summed E-state index contributed by atoms with van der Waals surface area (Å²) in [7, 11) is 0. The minimum absolute atomic E-state index is 0.694. The highest BCUT2D eigenvalue weighted by Gasteiger charge is 2.38. The smallest absolute Gasteiger partial charge is 0.0506 e. The third-order valence-electron chi connectivity index (χ3n) is 4.80. The molecular formula is C14H24NO. The van der Waals surface area contributed by atoms with Crippen LogP contribution in [0.15, 0.2) is 0 Å². The Morgan fingerprint density at radius 3 is 3.06 bits per heavy atom. The molecule has 2 heteroatoms. The molecule has 3 fully saturated rings. The molecule has 0 unspecified atom stereocenters. The zero-order chi connectivity index (χ0) is 11.0. The van der Waals surface area contributed by atoms with Gasteiger partial charge in [-0.25, -0.2) is 0 Å². The fraction of sp³-hybridized carbons (Fsp3) is 0.929. The Morgan fingerprint density at radius 2 is 2.25 bits per heavy atom. The normalized spacial score (nSPS) is 44.8. The van der Waals surface area contributed by atoms with Crippen molar-refractivity contribution in [1.82, 2.24) is 5.32 Å². The molecule has 91 valence electrons. The van der Waals surface area contributed by atoms with Crippen LogP contribution in [0.25, 0.3) is 0 Å². The first-order valence-electron chi connectivity index (χ1n) is 7.01. The van der Waals surface area contributed by atoms with Crippen LogP contribution in [-0.4, -0.2) is 25.3 Å². The molecule has 0 aromatic heterocycles. The zero-order valence-corrected chi connectivity index (χ0v) is 10.4. The van der Waals surface area contributed by atoms with Crippen molar-refractivity contribution in [2.45, 2.75) is 57.5 Å². The topological polar surface area (TPSA) is 21.3 Å². The third-order valence-corrected chi connectivity index (χ3v) is 4.80. The van der Waals surface area contributed by atoms with Crippen LogP contribution < -0.4 is 5.32 Å². The molecule has 1 radical (unpaired) electrons. The molecule has 0 amide bonds. The second-order valence-corrected chi connectivity index (χ2v) is 6.00. The van der Waals surface area contributed by atoms with Crippen LogP contribution in [0.2, 0.25) is 0 Å². The fourth-order valence-electron chi connectivity index (χ4n) is 3.84. The van der Waals surface area contributed by atoms with E-state index in [1.807, 2.05) is 5.92 Å². The van der Waals surface area contributed by atoms with Gasteiger partial charge in [0.25, 0.3) is 0 Å². The van der Waals surface area contributed by atoms with Gasteiger partial charge >= 0.3 is 0 Å². The lowest BCUT2D eigenvalue weighted by Gasteiger charge is -2.32. The van der Waals surface area contributed by atoms with Gasteiger partial charge in [-0.15, -0.1) is 0 Å². The number of ether oxygens (including phenoxy) is 1. The monoisotopic (exact) mass is 222 g/mol. The summed E-state index contributed by atoms with van der Waals surface area (Å²) in [5.41, 5.74) is 0. The summed E-state index contributed by atoms with van der Waals surface area (Å²) in [6.07, 6.45) is 8.34. The Balaban J connectivity index is 1.51. The van der Waals surface area contributed by atoms with E-state index < -0.39 is 0 Å². The van der Waals surface area contributed by atoms with Crippen LogP contribution >= 0.6 is 0 Å². The summed E-state index contributed by atoms with van der Waals surface area (Å²) >= 11 is 0. The van der Waals surface area contributed by atoms with Crippen molar-refractivity contribution in [3.05, 3.63) is 5.92 Å². The van der Waals surface area contributed by atoms with Crippen LogP contribution in [0.4, 0.5) is 0 Å². The maximum Gasteiger partial charge on any atom is 0.0506 e. The molecule has 0 aromatic rings. The van der Waals surface area contributed by atoms with Crippen LogP contribution in [0.3, 0.4) is 0 Å². The van der Waals surface area contributed by atoms with Crippen LogP contribution in [0, 0.1) is 17.8 Å². The van der Waals surface area contributed by atoms with Crippen molar-refractivity contribution in [3.63, 3.8) is 0 Å². The molecule has 1 N–H and O–H groups in total. The molecule has 0 aromatic carbocycles. The van der Waals surface area contributed by atoms with E-state index in [9.17, 15) is 0 Å². The van der Waals surface area contributed by atoms with Crippen LogP contribution in [-0.2, 0) is 4.74 Å². The number of hydrogen-bond donors (Lipinski definition) is 1. The number of hydrogen-bond acceptors (Lipinski definition) is 2. The second kappa shape index (κ2) is 4.66. The Hall–Kier alpha value is -0.0800. The molecule has 1 saturated heterocycles. The molecule has 16 heavy (non-hydrogen) atoms. The van der Waals surface area contributed by atoms with Gasteiger partial charge in [-0.3, -0.25) is 0 Å². The third kappa shape index (κ3) is 2.14. The molecule has 4 atom stereocenters. The summed E-state index contributed by atoms with van der Waals surface area (Å²) in [5.74, 6) is 3.55. The summed E-state index contributed by atoms with van der Waals surface area (Å²) < 4.78 is 5.51. The summed E-state index contributed by atoms with van der Waals surface area (Å²) in [6, 6.07) is 1.49. The van der Waals surface area contributed by atoms with E-state index in [0.29, 0.717) is 12.0 Å². The molecular weight excluding hydrogens is 198 g/mol. The number of rotatable bonds is 2. The average molecular weight is 222 g/mol. The largest absolute Gasteiger partial charge is 0.381 e. The highest BCUT2D eigenvalue weighted by Crippen LogP contribution is 2.45. The van der Waals surface area contributed by atoms with Crippen molar-refractivity contribution in [2.75, 3.05) is 13.2 Å². The first-order chi connectivity index (χ1) is 7.83. The quantitative estimate of drug-likeness (QED) is 0.775. The molecule has 0 bridgehead atoms. The molecule has 1 heterocycles. The number of nitrogens with one attached hydrogen (secondary N) is 1. The predicted molar refractivity (Wildman–Crippen MR) is 65.1 cm³/mol. The van der Waals surface area contributed by atoms with Crippen molar-refractivity contribution in [1.29, 1.82) is 0 Å². The maximum absolute atomic E-state index is 5.51. The van der Waals surface area contributed by atoms with E-state index in [0.717, 1.165) is 25.2 Å². The van der Waals surface area contributed by atoms with E-state index in [1.54, 1.807) is 0 Å². The SMILES string of the molecule is C[C@H]1COCC[C@@H]1N[C@@H]1C[C]2CCC[C@@H]2C1. The lowest BCUT2D eigenvalue weighted by Crippen LogP contribution is -2.45. The van der Waals surface area contributed by atoms with Crippen molar-refractivity contribution < 1.29 is 4.74 Å². The van der Waals surface area contributed by atoms with Gasteiger partial charge in [-0.2, -0.15) is 0 Å².